The number of nitrogens with one attached hydrogen (secondary N) is 1. The largest absolute Gasteiger partial charge is 0.497 e. The zero-order valence-corrected chi connectivity index (χ0v) is 11.5. The van der Waals surface area contributed by atoms with E-state index in [1.165, 1.54) is 0 Å². The van der Waals surface area contributed by atoms with Crippen molar-refractivity contribution in [3.05, 3.63) is 42.5 Å². The van der Waals surface area contributed by atoms with Crippen LogP contribution in [0.4, 0.5) is 22.7 Å². The van der Waals surface area contributed by atoms with Crippen molar-refractivity contribution in [2.24, 2.45) is 0 Å². The molecule has 0 aromatic heterocycles. The van der Waals surface area contributed by atoms with Crippen molar-refractivity contribution in [1.29, 1.82) is 0 Å². The van der Waals surface area contributed by atoms with Crippen molar-refractivity contribution in [3.63, 3.8) is 0 Å². The number of hydrogen-bond acceptors (Lipinski definition) is 4. The lowest BCUT2D eigenvalue weighted by atomic mass is 10.2. The van der Waals surface area contributed by atoms with E-state index in [1.807, 2.05) is 44.4 Å². The van der Waals surface area contributed by atoms with Crippen LogP contribution in [0.3, 0.4) is 0 Å². The van der Waals surface area contributed by atoms with Crippen molar-refractivity contribution in [1.82, 2.24) is 0 Å². The SMILES string of the molecule is COc1ccc(N)c(Nc2ccc(N(C)C)cc2)c1. The Labute approximate surface area is 113 Å². The Morgan fingerprint density at radius 2 is 1.74 bits per heavy atom. The molecule has 0 aliphatic rings. The molecule has 3 N–H and O–H groups in total. The molecule has 0 aliphatic heterocycles. The predicted molar refractivity (Wildman–Crippen MR) is 81.5 cm³/mol. The number of rotatable bonds is 4. The number of anilines is 4. The smallest absolute Gasteiger partial charge is 0.121 e. The summed E-state index contributed by atoms with van der Waals surface area (Å²) in [5.74, 6) is 0.779. The molecule has 0 amide bonds. The Morgan fingerprint density at radius 3 is 2.32 bits per heavy atom. The molecule has 100 valence electrons. The maximum absolute atomic E-state index is 5.94. The standard InChI is InChI=1S/C15H19N3O/c1-18(2)12-6-4-11(5-7-12)17-15-10-13(19-3)8-9-14(15)16/h4-10,17H,16H2,1-3H3. The molecule has 0 spiro atoms. The van der Waals surface area contributed by atoms with E-state index < -0.39 is 0 Å². The highest BCUT2D eigenvalue weighted by molar-refractivity contribution is 5.74. The third kappa shape index (κ3) is 3.10. The molecule has 2 rings (SSSR count). The lowest BCUT2D eigenvalue weighted by molar-refractivity contribution is 0.415. The first-order chi connectivity index (χ1) is 9.10. The monoisotopic (exact) mass is 257 g/mol. The Morgan fingerprint density at radius 1 is 1.05 bits per heavy atom. The van der Waals surface area contributed by atoms with Crippen molar-refractivity contribution >= 4 is 22.7 Å². The van der Waals surface area contributed by atoms with E-state index in [9.17, 15) is 0 Å². The van der Waals surface area contributed by atoms with Gasteiger partial charge in [-0.25, -0.2) is 0 Å². The second-order valence-corrected chi connectivity index (χ2v) is 4.52. The molecule has 0 radical (unpaired) electrons. The molecule has 19 heavy (non-hydrogen) atoms. The minimum Gasteiger partial charge on any atom is -0.497 e. The minimum absolute atomic E-state index is 0.692. The van der Waals surface area contributed by atoms with Crippen LogP contribution < -0.4 is 20.7 Å². The van der Waals surface area contributed by atoms with Gasteiger partial charge in [0.05, 0.1) is 18.5 Å². The van der Waals surface area contributed by atoms with Gasteiger partial charge in [-0.05, 0) is 36.4 Å². The van der Waals surface area contributed by atoms with Crippen LogP contribution >= 0.6 is 0 Å². The number of hydrogen-bond donors (Lipinski definition) is 2. The number of nitrogen functional groups attached to an aromatic ring is 1. The van der Waals surface area contributed by atoms with E-state index >= 15 is 0 Å². The molecule has 4 heteroatoms. The Balaban J connectivity index is 2.20. The molecule has 0 aliphatic carbocycles. The van der Waals surface area contributed by atoms with Gasteiger partial charge in [-0.2, -0.15) is 0 Å². The molecule has 4 nitrogen and oxygen atoms in total. The van der Waals surface area contributed by atoms with Crippen LogP contribution in [0, 0.1) is 0 Å². The molecule has 0 fully saturated rings. The molecule has 0 bridgehead atoms. The number of ether oxygens (including phenoxy) is 1. The summed E-state index contributed by atoms with van der Waals surface area (Å²) in [5.41, 5.74) is 9.63. The van der Waals surface area contributed by atoms with Gasteiger partial charge in [0.15, 0.2) is 0 Å². The van der Waals surface area contributed by atoms with Gasteiger partial charge in [0.25, 0.3) is 0 Å². The van der Waals surface area contributed by atoms with Gasteiger partial charge in [-0.15, -0.1) is 0 Å². The van der Waals surface area contributed by atoms with Gasteiger partial charge >= 0.3 is 0 Å². The summed E-state index contributed by atoms with van der Waals surface area (Å²) in [6.45, 7) is 0. The fourth-order valence-electron chi connectivity index (χ4n) is 1.77. The zero-order chi connectivity index (χ0) is 13.8. The number of benzene rings is 2. The molecular weight excluding hydrogens is 238 g/mol. The predicted octanol–water partition coefficient (Wildman–Crippen LogP) is 3.09. The molecule has 2 aromatic carbocycles. The second-order valence-electron chi connectivity index (χ2n) is 4.52. The van der Waals surface area contributed by atoms with E-state index in [1.54, 1.807) is 7.11 Å². The first-order valence-corrected chi connectivity index (χ1v) is 6.08. The molecule has 0 atom stereocenters. The van der Waals surface area contributed by atoms with E-state index in [0.717, 1.165) is 22.8 Å². The summed E-state index contributed by atoms with van der Waals surface area (Å²) in [7, 11) is 5.67. The number of nitrogens with zero attached hydrogens (tertiary/aromatic N) is 1. The first-order valence-electron chi connectivity index (χ1n) is 6.08. The van der Waals surface area contributed by atoms with Crippen LogP contribution in [0.25, 0.3) is 0 Å². The van der Waals surface area contributed by atoms with E-state index in [2.05, 4.69) is 22.3 Å². The summed E-state index contributed by atoms with van der Waals surface area (Å²) in [4.78, 5) is 2.06. The van der Waals surface area contributed by atoms with Gasteiger partial charge in [-0.3, -0.25) is 0 Å². The molecule has 0 saturated heterocycles. The Bertz CT molecular complexity index is 550. The summed E-state index contributed by atoms with van der Waals surface area (Å²) < 4.78 is 5.20. The second kappa shape index (κ2) is 5.52. The average Bonchev–Trinajstić information content (AvgIpc) is 2.42. The number of methoxy groups -OCH3 is 1. The Kier molecular flexibility index (Phi) is 3.80. The van der Waals surface area contributed by atoms with Crippen LogP contribution in [0.5, 0.6) is 5.75 Å². The van der Waals surface area contributed by atoms with Crippen molar-refractivity contribution in [2.75, 3.05) is 37.2 Å². The molecule has 0 saturated carbocycles. The third-order valence-corrected chi connectivity index (χ3v) is 2.92. The van der Waals surface area contributed by atoms with Crippen LogP contribution in [0.1, 0.15) is 0 Å². The van der Waals surface area contributed by atoms with E-state index in [0.29, 0.717) is 5.69 Å². The van der Waals surface area contributed by atoms with E-state index in [4.69, 9.17) is 10.5 Å². The molecule has 0 unspecified atom stereocenters. The molecular formula is C15H19N3O. The normalized spacial score (nSPS) is 10.1. The van der Waals surface area contributed by atoms with Gasteiger partial charge in [0, 0.05) is 31.5 Å². The van der Waals surface area contributed by atoms with Gasteiger partial charge in [0.2, 0.25) is 0 Å². The van der Waals surface area contributed by atoms with E-state index in [-0.39, 0.29) is 0 Å². The third-order valence-electron chi connectivity index (χ3n) is 2.92. The fourth-order valence-corrected chi connectivity index (χ4v) is 1.77. The van der Waals surface area contributed by atoms with Crippen molar-refractivity contribution in [3.8, 4) is 5.75 Å². The fraction of sp³-hybridized carbons (Fsp3) is 0.200. The molecule has 2 aromatic rings. The van der Waals surface area contributed by atoms with Crippen LogP contribution in [0.2, 0.25) is 0 Å². The zero-order valence-electron chi connectivity index (χ0n) is 11.5. The first kappa shape index (κ1) is 13.1. The maximum atomic E-state index is 5.94. The lowest BCUT2D eigenvalue weighted by Crippen LogP contribution is -2.08. The van der Waals surface area contributed by atoms with Crippen LogP contribution in [-0.2, 0) is 0 Å². The van der Waals surface area contributed by atoms with Crippen LogP contribution in [0.15, 0.2) is 42.5 Å². The van der Waals surface area contributed by atoms with Gasteiger partial charge in [-0.1, -0.05) is 0 Å². The lowest BCUT2D eigenvalue weighted by Gasteiger charge is -2.14. The highest BCUT2D eigenvalue weighted by Crippen LogP contribution is 2.28. The van der Waals surface area contributed by atoms with Crippen molar-refractivity contribution < 1.29 is 4.74 Å². The quantitative estimate of drug-likeness (QED) is 0.826. The minimum atomic E-state index is 0.692. The van der Waals surface area contributed by atoms with Gasteiger partial charge < -0.3 is 20.7 Å². The number of nitrogens with two attached hydrogens (primary N) is 1. The van der Waals surface area contributed by atoms with Crippen LogP contribution in [-0.4, -0.2) is 21.2 Å². The maximum Gasteiger partial charge on any atom is 0.121 e. The van der Waals surface area contributed by atoms with Gasteiger partial charge in [0.1, 0.15) is 5.75 Å². The topological polar surface area (TPSA) is 50.5 Å². The molecule has 0 heterocycles. The summed E-state index contributed by atoms with van der Waals surface area (Å²) in [5, 5.41) is 3.29. The summed E-state index contributed by atoms with van der Waals surface area (Å²) >= 11 is 0. The van der Waals surface area contributed by atoms with Crippen molar-refractivity contribution in [2.45, 2.75) is 0 Å². The highest BCUT2D eigenvalue weighted by atomic mass is 16.5. The average molecular weight is 257 g/mol. The summed E-state index contributed by atoms with van der Waals surface area (Å²) in [6, 6.07) is 13.7. The Hall–Kier alpha value is -2.36. The summed E-state index contributed by atoms with van der Waals surface area (Å²) in [6.07, 6.45) is 0. The highest BCUT2D eigenvalue weighted by Gasteiger charge is 2.02.